The lowest BCUT2D eigenvalue weighted by atomic mass is 9.77. The summed E-state index contributed by atoms with van der Waals surface area (Å²) in [7, 11) is 1.73. The van der Waals surface area contributed by atoms with Crippen LogP contribution in [0.4, 0.5) is 5.69 Å². The molecule has 0 saturated heterocycles. The predicted octanol–water partition coefficient (Wildman–Crippen LogP) is 10.3. The largest absolute Gasteiger partial charge is 0.489 e. The van der Waals surface area contributed by atoms with E-state index in [1.165, 1.54) is 5.56 Å². The van der Waals surface area contributed by atoms with E-state index >= 15 is 0 Å². The fraction of sp³-hybridized carbons (Fsp3) is 0.259. The number of nitriles is 1. The van der Waals surface area contributed by atoms with E-state index < -0.39 is 24.2 Å². The fourth-order valence-corrected chi connectivity index (χ4v) is 10.0. The van der Waals surface area contributed by atoms with Crippen molar-refractivity contribution in [3.8, 4) is 28.7 Å². The molecular formula is C54H48Cl2N4O6. The molecule has 0 bridgehead atoms. The van der Waals surface area contributed by atoms with Crippen LogP contribution in [0, 0.1) is 11.3 Å². The van der Waals surface area contributed by atoms with Crippen LogP contribution in [-0.4, -0.2) is 53.5 Å². The van der Waals surface area contributed by atoms with Crippen molar-refractivity contribution in [1.82, 2.24) is 10.2 Å². The highest BCUT2D eigenvalue weighted by atomic mass is 35.5. The molecule has 2 aliphatic heterocycles. The summed E-state index contributed by atoms with van der Waals surface area (Å²) in [6.07, 6.45) is 3.64. The highest BCUT2D eigenvalue weighted by molar-refractivity contribution is 6.42. The van der Waals surface area contributed by atoms with Gasteiger partial charge in [-0.3, -0.25) is 14.5 Å². The van der Waals surface area contributed by atoms with Gasteiger partial charge >= 0.3 is 5.97 Å². The third-order valence-corrected chi connectivity index (χ3v) is 14.1. The number of amides is 2. The van der Waals surface area contributed by atoms with Crippen molar-refractivity contribution >= 4 is 46.7 Å². The van der Waals surface area contributed by atoms with Gasteiger partial charge in [0.25, 0.3) is 5.91 Å². The van der Waals surface area contributed by atoms with Crippen LogP contribution in [-0.2, 0) is 45.8 Å². The van der Waals surface area contributed by atoms with Crippen molar-refractivity contribution < 1.29 is 29.0 Å². The third-order valence-electron chi connectivity index (χ3n) is 13.4. The topological polar surface area (TPSA) is 132 Å². The van der Waals surface area contributed by atoms with E-state index in [0.29, 0.717) is 64.5 Å². The Morgan fingerprint density at radius 1 is 0.864 bits per heavy atom. The lowest BCUT2D eigenvalue weighted by Crippen LogP contribution is -2.56. The van der Waals surface area contributed by atoms with Crippen LogP contribution < -0.4 is 19.7 Å². The minimum Gasteiger partial charge on any atom is -0.489 e. The van der Waals surface area contributed by atoms with Crippen LogP contribution in [0.25, 0.3) is 11.1 Å². The van der Waals surface area contributed by atoms with Crippen LogP contribution in [0.1, 0.15) is 70.7 Å². The van der Waals surface area contributed by atoms with E-state index in [2.05, 4.69) is 40.6 Å². The summed E-state index contributed by atoms with van der Waals surface area (Å²) in [4.78, 5) is 45.3. The minimum absolute atomic E-state index is 0.0966. The molecule has 334 valence electrons. The molecule has 6 aromatic carbocycles. The number of likely N-dealkylation sites (N-methyl/N-ethyl adjacent to an activating group) is 1. The van der Waals surface area contributed by atoms with E-state index in [1.807, 2.05) is 84.9 Å². The van der Waals surface area contributed by atoms with Gasteiger partial charge in [-0.05, 0) is 107 Å². The SMILES string of the molecule is CN1C(=O)[C@H](c2ccc(OCc3ccc(Cl)c(Cl)c3)cc2)Oc2cc3c(cc21)C[C@@H](C(=O)NC(Cc1ccc(-c2ccc(C#N)cc2)cc1)C(=O)O)N(CC1(c2ccccc2)CCCC1)C3. The number of fused-ring (bicyclic) bond motifs is 2. The predicted molar refractivity (Wildman–Crippen MR) is 255 cm³/mol. The van der Waals surface area contributed by atoms with Crippen molar-refractivity contribution in [3.63, 3.8) is 0 Å². The number of nitrogens with one attached hydrogen (secondary N) is 1. The standard InChI is InChI=1S/C54H48Cl2N4O6/c1-59-47-27-40-28-48(51(61)58-46(53(63)64)26-34-9-14-37(15-10-34)38-16-11-35(30-57)12-17-38)60(33-54(23-5-6-24-54)42-7-3-2-4-8-42)31-41(40)29-49(47)66-50(52(59)62)39-18-20-43(21-19-39)65-32-36-13-22-44(55)45(56)25-36/h2-4,7-22,25,27,29,46,48,50H,5-6,23-24,26,28,31-33H2,1H3,(H,58,61)(H,63,64)/t46?,48-,50-/m0/s1. The first-order chi connectivity index (χ1) is 32.0. The Labute approximate surface area is 394 Å². The van der Waals surface area contributed by atoms with Crippen molar-refractivity contribution in [2.45, 2.75) is 75.3 Å². The maximum Gasteiger partial charge on any atom is 0.326 e. The molecule has 3 atom stereocenters. The molecule has 1 aliphatic carbocycles. The summed E-state index contributed by atoms with van der Waals surface area (Å²) in [5.74, 6) is -0.525. The first-order valence-electron chi connectivity index (χ1n) is 22.2. The number of halogens is 2. The normalized spacial score (nSPS) is 18.0. The molecule has 3 aliphatic rings. The third kappa shape index (κ3) is 9.38. The number of hydrogen-bond donors (Lipinski definition) is 2. The molecule has 0 radical (unpaired) electrons. The number of carbonyl (C=O) groups excluding carboxylic acids is 2. The average molecular weight is 920 g/mol. The van der Waals surface area contributed by atoms with Gasteiger partial charge in [0.2, 0.25) is 12.0 Å². The Morgan fingerprint density at radius 3 is 2.21 bits per heavy atom. The number of carboxylic acids is 1. The van der Waals surface area contributed by atoms with Gasteiger partial charge in [0.05, 0.1) is 33.4 Å². The fourth-order valence-electron chi connectivity index (χ4n) is 9.70. The smallest absolute Gasteiger partial charge is 0.326 e. The number of anilines is 1. The molecule has 6 aromatic rings. The van der Waals surface area contributed by atoms with Crippen LogP contribution in [0.3, 0.4) is 0 Å². The molecular weight excluding hydrogens is 872 g/mol. The number of carbonyl (C=O) groups is 3. The zero-order chi connectivity index (χ0) is 46.0. The molecule has 0 spiro atoms. The second kappa shape index (κ2) is 19.1. The highest BCUT2D eigenvalue weighted by Gasteiger charge is 2.43. The second-order valence-electron chi connectivity index (χ2n) is 17.6. The number of hydrogen-bond acceptors (Lipinski definition) is 7. The molecule has 1 unspecified atom stereocenters. The van der Waals surface area contributed by atoms with Crippen molar-refractivity contribution in [2.75, 3.05) is 18.5 Å². The second-order valence-corrected chi connectivity index (χ2v) is 18.4. The van der Waals surface area contributed by atoms with Crippen LogP contribution in [0.15, 0.2) is 133 Å². The van der Waals surface area contributed by atoms with Gasteiger partial charge in [0.15, 0.2) is 0 Å². The van der Waals surface area contributed by atoms with E-state index in [1.54, 1.807) is 36.2 Å². The zero-order valence-corrected chi connectivity index (χ0v) is 37.9. The summed E-state index contributed by atoms with van der Waals surface area (Å²) in [6, 6.07) is 42.2. The van der Waals surface area contributed by atoms with Crippen LogP contribution >= 0.6 is 23.2 Å². The van der Waals surface area contributed by atoms with E-state index in [4.69, 9.17) is 32.7 Å². The van der Waals surface area contributed by atoms with Gasteiger partial charge in [-0.25, -0.2) is 4.79 Å². The quantitative estimate of drug-likeness (QED) is 0.117. The Hall–Kier alpha value is -6.64. The highest BCUT2D eigenvalue weighted by Crippen LogP contribution is 2.45. The van der Waals surface area contributed by atoms with Gasteiger partial charge in [-0.15, -0.1) is 0 Å². The van der Waals surface area contributed by atoms with E-state index in [-0.39, 0.29) is 23.7 Å². The summed E-state index contributed by atoms with van der Waals surface area (Å²) in [5.41, 5.74) is 8.31. The van der Waals surface area contributed by atoms with E-state index in [0.717, 1.165) is 59.1 Å². The van der Waals surface area contributed by atoms with Crippen molar-refractivity contribution in [3.05, 3.63) is 182 Å². The van der Waals surface area contributed by atoms with Crippen molar-refractivity contribution in [2.24, 2.45) is 0 Å². The summed E-state index contributed by atoms with van der Waals surface area (Å²) >= 11 is 12.3. The number of ether oxygens (including phenoxy) is 2. The molecule has 2 amide bonds. The van der Waals surface area contributed by atoms with Crippen LogP contribution in [0.2, 0.25) is 10.0 Å². The minimum atomic E-state index is -1.17. The van der Waals surface area contributed by atoms with Gasteiger partial charge in [-0.1, -0.05) is 121 Å². The lowest BCUT2D eigenvalue weighted by Gasteiger charge is -2.43. The monoisotopic (exact) mass is 918 g/mol. The number of benzene rings is 6. The lowest BCUT2D eigenvalue weighted by molar-refractivity contribution is -0.143. The van der Waals surface area contributed by atoms with Crippen molar-refractivity contribution in [1.29, 1.82) is 5.26 Å². The maximum absolute atomic E-state index is 14.6. The Balaban J connectivity index is 0.960. The van der Waals surface area contributed by atoms with Gasteiger partial charge in [0.1, 0.15) is 24.1 Å². The molecule has 10 nitrogen and oxygen atoms in total. The molecule has 2 heterocycles. The van der Waals surface area contributed by atoms with E-state index in [9.17, 15) is 24.8 Å². The zero-order valence-electron chi connectivity index (χ0n) is 36.4. The molecule has 0 aromatic heterocycles. The summed E-state index contributed by atoms with van der Waals surface area (Å²) in [6.45, 7) is 1.33. The Kier molecular flexibility index (Phi) is 12.9. The Morgan fingerprint density at radius 2 is 1.55 bits per heavy atom. The van der Waals surface area contributed by atoms with Gasteiger partial charge in [-0.2, -0.15) is 5.26 Å². The first-order valence-corrected chi connectivity index (χ1v) is 22.9. The molecule has 1 fully saturated rings. The number of carboxylic acid groups (broad SMARTS) is 1. The summed E-state index contributed by atoms with van der Waals surface area (Å²) < 4.78 is 12.5. The number of rotatable bonds is 13. The first kappa shape index (κ1) is 44.6. The molecule has 2 N–H and O–H groups in total. The molecule has 12 heteroatoms. The summed E-state index contributed by atoms with van der Waals surface area (Å²) in [5, 5.41) is 23.5. The van der Waals surface area contributed by atoms with Crippen LogP contribution in [0.5, 0.6) is 11.5 Å². The van der Waals surface area contributed by atoms with Gasteiger partial charge < -0.3 is 24.8 Å². The van der Waals surface area contributed by atoms with Gasteiger partial charge in [0, 0.05) is 37.5 Å². The Bertz CT molecular complexity index is 2810. The molecule has 1 saturated carbocycles. The number of aliphatic carboxylic acids is 1. The average Bonchev–Trinajstić information content (AvgIpc) is 3.82. The molecule has 66 heavy (non-hydrogen) atoms. The maximum atomic E-state index is 14.6. The molecule has 9 rings (SSSR count). The number of nitrogens with zero attached hydrogens (tertiary/aromatic N) is 3.